The summed E-state index contributed by atoms with van der Waals surface area (Å²) < 4.78 is 8.53. The summed E-state index contributed by atoms with van der Waals surface area (Å²) in [6.07, 6.45) is 0. The Labute approximate surface area is 305 Å². The second kappa shape index (κ2) is 11.1. The Hall–Kier alpha value is -6.85. The molecule has 0 saturated heterocycles. The molecule has 0 unspecified atom stereocenters. The third-order valence-corrected chi connectivity index (χ3v) is 11.0. The standard InChI is InChI=1S/C48H32N4O/c1-48(2)39-20-9-6-17-33(39)36-27-37-34-18-7-10-21-41(34)52(42(37)28-40(36)48)32-16-12-15-30(25-32)46-49-45(29-13-4-3-5-14-29)50-47(51-46)31-23-24-44-38(26-31)35-19-8-11-22-43(35)53-44/h3-28H,1-2H3. The fourth-order valence-corrected chi connectivity index (χ4v) is 8.44. The Morgan fingerprint density at radius 2 is 1.09 bits per heavy atom. The maximum absolute atomic E-state index is 6.14. The SMILES string of the molecule is CC1(C)c2ccccc2-c2cc3c4ccccc4n(-c4cccc(-c5nc(-c6ccccc6)nc(-c6ccc7oc8ccccc8c7c6)n5)c4)c3cc21. The molecule has 0 fully saturated rings. The summed E-state index contributed by atoms with van der Waals surface area (Å²) in [5, 5.41) is 4.58. The zero-order valence-corrected chi connectivity index (χ0v) is 29.2. The van der Waals surface area contributed by atoms with Crippen molar-refractivity contribution >= 4 is 43.7 Å². The summed E-state index contributed by atoms with van der Waals surface area (Å²) in [5.74, 6) is 1.86. The van der Waals surface area contributed by atoms with Crippen molar-refractivity contribution in [3.63, 3.8) is 0 Å². The normalized spacial score (nSPS) is 13.2. The Balaban J connectivity index is 1.11. The van der Waals surface area contributed by atoms with Gasteiger partial charge in [-0.2, -0.15) is 0 Å². The number of fused-ring (bicyclic) bond motifs is 9. The van der Waals surface area contributed by atoms with Gasteiger partial charge in [-0.05, 0) is 76.9 Å². The Morgan fingerprint density at radius 3 is 1.94 bits per heavy atom. The second-order valence-corrected chi connectivity index (χ2v) is 14.5. The molecule has 0 radical (unpaired) electrons. The number of hydrogen-bond acceptors (Lipinski definition) is 4. The van der Waals surface area contributed by atoms with Crippen LogP contribution in [0.3, 0.4) is 0 Å². The lowest BCUT2D eigenvalue weighted by Gasteiger charge is -2.21. The lowest BCUT2D eigenvalue weighted by atomic mass is 9.82. The molecule has 1 aliphatic rings. The quantitative estimate of drug-likeness (QED) is 0.186. The van der Waals surface area contributed by atoms with E-state index in [1.165, 1.54) is 38.5 Å². The van der Waals surface area contributed by atoms with Crippen molar-refractivity contribution in [1.29, 1.82) is 0 Å². The molecule has 11 rings (SSSR count). The molecule has 7 aromatic carbocycles. The van der Waals surface area contributed by atoms with Crippen molar-refractivity contribution in [1.82, 2.24) is 19.5 Å². The zero-order chi connectivity index (χ0) is 35.3. The number of nitrogens with zero attached hydrogens (tertiary/aromatic N) is 4. The van der Waals surface area contributed by atoms with E-state index >= 15 is 0 Å². The van der Waals surface area contributed by atoms with E-state index in [-0.39, 0.29) is 5.41 Å². The largest absolute Gasteiger partial charge is 0.456 e. The molecule has 5 nitrogen and oxygen atoms in total. The third kappa shape index (κ3) is 4.47. The first kappa shape index (κ1) is 29.8. The highest BCUT2D eigenvalue weighted by Gasteiger charge is 2.36. The fraction of sp³-hybridized carbons (Fsp3) is 0.0625. The molecule has 0 N–H and O–H groups in total. The van der Waals surface area contributed by atoms with Crippen molar-refractivity contribution in [2.24, 2.45) is 0 Å². The van der Waals surface area contributed by atoms with Crippen LogP contribution in [0.15, 0.2) is 162 Å². The van der Waals surface area contributed by atoms with Crippen molar-refractivity contribution in [3.8, 4) is 51.0 Å². The summed E-state index contributed by atoms with van der Waals surface area (Å²) in [7, 11) is 0. The van der Waals surface area contributed by atoms with Crippen molar-refractivity contribution in [2.75, 3.05) is 0 Å². The molecule has 0 spiro atoms. The maximum atomic E-state index is 6.14. The summed E-state index contributed by atoms with van der Waals surface area (Å²) in [5.41, 5.74) is 13.1. The van der Waals surface area contributed by atoms with Crippen LogP contribution in [0.4, 0.5) is 0 Å². The van der Waals surface area contributed by atoms with E-state index in [0.29, 0.717) is 17.5 Å². The molecule has 0 aliphatic heterocycles. The first-order chi connectivity index (χ1) is 26.0. The van der Waals surface area contributed by atoms with Crippen molar-refractivity contribution < 1.29 is 4.42 Å². The average Bonchev–Trinajstić information content (AvgIpc) is 3.82. The number of aromatic nitrogens is 4. The fourth-order valence-electron chi connectivity index (χ4n) is 8.44. The van der Waals surface area contributed by atoms with Gasteiger partial charge in [-0.3, -0.25) is 0 Å². The van der Waals surface area contributed by atoms with E-state index in [1.54, 1.807) is 0 Å². The number of rotatable bonds is 4. The molecule has 250 valence electrons. The number of para-hydroxylation sites is 2. The third-order valence-electron chi connectivity index (χ3n) is 11.0. The molecule has 0 atom stereocenters. The van der Waals surface area contributed by atoms with Gasteiger partial charge >= 0.3 is 0 Å². The molecule has 0 amide bonds. The molecular weight excluding hydrogens is 649 g/mol. The van der Waals surface area contributed by atoms with Crippen LogP contribution in [0, 0.1) is 0 Å². The highest BCUT2D eigenvalue weighted by atomic mass is 16.3. The summed E-state index contributed by atoms with van der Waals surface area (Å²) >= 11 is 0. The Morgan fingerprint density at radius 1 is 0.434 bits per heavy atom. The molecule has 1 aliphatic carbocycles. The molecule has 3 heterocycles. The molecular formula is C48H32N4O. The van der Waals surface area contributed by atoms with Gasteiger partial charge in [0.25, 0.3) is 0 Å². The molecule has 53 heavy (non-hydrogen) atoms. The number of hydrogen-bond donors (Lipinski definition) is 0. The Bertz CT molecular complexity index is 3100. The predicted molar refractivity (Wildman–Crippen MR) is 215 cm³/mol. The van der Waals surface area contributed by atoms with Gasteiger partial charge in [0.05, 0.1) is 11.0 Å². The van der Waals surface area contributed by atoms with E-state index in [9.17, 15) is 0 Å². The van der Waals surface area contributed by atoms with E-state index in [1.807, 2.05) is 60.7 Å². The maximum Gasteiger partial charge on any atom is 0.164 e. The van der Waals surface area contributed by atoms with Gasteiger partial charge in [0.2, 0.25) is 0 Å². The minimum atomic E-state index is -0.107. The van der Waals surface area contributed by atoms with E-state index in [0.717, 1.165) is 49.8 Å². The van der Waals surface area contributed by atoms with E-state index < -0.39 is 0 Å². The van der Waals surface area contributed by atoms with E-state index in [4.69, 9.17) is 19.4 Å². The monoisotopic (exact) mass is 680 g/mol. The predicted octanol–water partition coefficient (Wildman–Crippen LogP) is 12.2. The van der Waals surface area contributed by atoms with Gasteiger partial charge in [0.1, 0.15) is 11.2 Å². The molecule has 0 saturated carbocycles. The smallest absolute Gasteiger partial charge is 0.164 e. The second-order valence-electron chi connectivity index (χ2n) is 14.5. The minimum Gasteiger partial charge on any atom is -0.456 e. The van der Waals surface area contributed by atoms with Gasteiger partial charge in [-0.25, -0.2) is 15.0 Å². The minimum absolute atomic E-state index is 0.107. The van der Waals surface area contributed by atoms with Gasteiger partial charge in [-0.1, -0.05) is 117 Å². The topological polar surface area (TPSA) is 56.7 Å². The highest BCUT2D eigenvalue weighted by Crippen LogP contribution is 2.51. The van der Waals surface area contributed by atoms with Crippen LogP contribution in [0.2, 0.25) is 0 Å². The van der Waals surface area contributed by atoms with Crippen LogP contribution in [-0.2, 0) is 5.41 Å². The van der Waals surface area contributed by atoms with Crippen LogP contribution >= 0.6 is 0 Å². The zero-order valence-electron chi connectivity index (χ0n) is 29.2. The summed E-state index contributed by atoms with van der Waals surface area (Å²) in [6, 6.07) is 55.4. The van der Waals surface area contributed by atoms with Crippen LogP contribution in [-0.4, -0.2) is 19.5 Å². The lowest BCUT2D eigenvalue weighted by Crippen LogP contribution is -2.14. The molecule has 3 aromatic heterocycles. The first-order valence-corrected chi connectivity index (χ1v) is 18.0. The van der Waals surface area contributed by atoms with E-state index in [2.05, 4.69) is 115 Å². The highest BCUT2D eigenvalue weighted by molar-refractivity contribution is 6.12. The Kier molecular flexibility index (Phi) is 6.23. The number of benzene rings is 7. The van der Waals surface area contributed by atoms with Crippen LogP contribution in [0.5, 0.6) is 0 Å². The summed E-state index contributed by atoms with van der Waals surface area (Å²) in [4.78, 5) is 15.3. The van der Waals surface area contributed by atoms with Crippen molar-refractivity contribution in [2.45, 2.75) is 19.3 Å². The average molecular weight is 681 g/mol. The van der Waals surface area contributed by atoms with Gasteiger partial charge in [0, 0.05) is 49.3 Å². The molecule has 0 bridgehead atoms. The van der Waals surface area contributed by atoms with Crippen LogP contribution in [0.1, 0.15) is 25.0 Å². The number of furan rings is 1. The van der Waals surface area contributed by atoms with Crippen LogP contribution in [0.25, 0.3) is 94.7 Å². The molecule has 10 aromatic rings. The van der Waals surface area contributed by atoms with Crippen molar-refractivity contribution in [3.05, 3.63) is 169 Å². The summed E-state index contributed by atoms with van der Waals surface area (Å²) in [6.45, 7) is 4.68. The van der Waals surface area contributed by atoms with Gasteiger partial charge < -0.3 is 8.98 Å². The first-order valence-electron chi connectivity index (χ1n) is 18.0. The van der Waals surface area contributed by atoms with Crippen LogP contribution < -0.4 is 0 Å². The van der Waals surface area contributed by atoms with Gasteiger partial charge in [-0.15, -0.1) is 0 Å². The van der Waals surface area contributed by atoms with Gasteiger partial charge in [0.15, 0.2) is 17.5 Å². The molecule has 5 heteroatoms. The lowest BCUT2D eigenvalue weighted by molar-refractivity contribution is 0.661.